The molecule has 1 aromatic heterocycles. The van der Waals surface area contributed by atoms with Gasteiger partial charge >= 0.3 is 6.09 Å². The molecule has 0 bridgehead atoms. The van der Waals surface area contributed by atoms with Gasteiger partial charge in [0.05, 0.1) is 22.1 Å². The minimum atomic E-state index is -2.63. The number of aliphatic hydroxyl groups excluding tert-OH is 1. The number of rotatable bonds is 9. The van der Waals surface area contributed by atoms with Crippen molar-refractivity contribution in [3.05, 3.63) is 29.4 Å². The Labute approximate surface area is 212 Å². The molecule has 1 aliphatic rings. The molecule has 1 aliphatic carbocycles. The number of benzene rings is 1. The molecule has 0 radical (unpaired) electrons. The maximum atomic E-state index is 13.1. The number of anilines is 1. The first kappa shape index (κ1) is 27.8. The molecule has 3 rings (SSSR count). The average molecular weight is 524 g/mol. The number of carbonyl (C=O) groups excluding carboxylic acids is 1. The highest BCUT2D eigenvalue weighted by Gasteiger charge is 2.27. The molecular formula is C25H38N3O5PS. The van der Waals surface area contributed by atoms with E-state index in [0.717, 1.165) is 41.1 Å². The molecule has 10 heteroatoms. The van der Waals surface area contributed by atoms with Gasteiger partial charge in [0.2, 0.25) is 6.41 Å². The molecule has 35 heavy (non-hydrogen) atoms. The zero-order chi connectivity index (χ0) is 25.8. The van der Waals surface area contributed by atoms with Gasteiger partial charge < -0.3 is 19.1 Å². The maximum Gasteiger partial charge on any atom is 0.411 e. The smallest absolute Gasteiger partial charge is 0.411 e. The van der Waals surface area contributed by atoms with Crippen LogP contribution in [0.1, 0.15) is 64.3 Å². The first-order valence-electron chi connectivity index (χ1n) is 12.1. The lowest BCUT2D eigenvalue weighted by Gasteiger charge is -2.30. The topological polar surface area (TPSA) is 110 Å². The van der Waals surface area contributed by atoms with Crippen LogP contribution in [-0.2, 0) is 14.0 Å². The van der Waals surface area contributed by atoms with Crippen LogP contribution >= 0.6 is 18.5 Å². The fraction of sp³-hybridized carbons (Fsp3) is 0.600. The van der Waals surface area contributed by atoms with E-state index in [1.165, 1.54) is 0 Å². The predicted octanol–water partition coefficient (Wildman–Crippen LogP) is 5.33. The number of amides is 1. The number of hydrogen-bond donors (Lipinski definition) is 3. The lowest BCUT2D eigenvalue weighted by Crippen LogP contribution is -2.42. The summed E-state index contributed by atoms with van der Waals surface area (Å²) in [5.74, 6) is 0.361. The normalized spacial score (nSPS) is 19.7. The van der Waals surface area contributed by atoms with Gasteiger partial charge in [-0.25, -0.2) is 9.78 Å². The van der Waals surface area contributed by atoms with Gasteiger partial charge in [0, 0.05) is 34.7 Å². The van der Waals surface area contributed by atoms with E-state index in [1.54, 1.807) is 50.6 Å². The summed E-state index contributed by atoms with van der Waals surface area (Å²) < 4.78 is 23.7. The van der Waals surface area contributed by atoms with Crippen molar-refractivity contribution >= 4 is 35.6 Å². The van der Waals surface area contributed by atoms with Crippen molar-refractivity contribution in [1.29, 1.82) is 0 Å². The monoisotopic (exact) mass is 523 g/mol. The lowest BCUT2D eigenvalue weighted by molar-refractivity contribution is -0.150. The second-order valence-corrected chi connectivity index (χ2v) is 14.2. The molecule has 1 saturated carbocycles. The van der Waals surface area contributed by atoms with Crippen molar-refractivity contribution in [3.63, 3.8) is 0 Å². The maximum absolute atomic E-state index is 13.1. The van der Waals surface area contributed by atoms with Gasteiger partial charge in [-0.3, -0.25) is 10.6 Å². The van der Waals surface area contributed by atoms with Crippen molar-refractivity contribution in [3.8, 4) is 10.4 Å². The van der Waals surface area contributed by atoms with E-state index in [1.807, 2.05) is 26.1 Å². The predicted molar refractivity (Wildman–Crippen MR) is 142 cm³/mol. The molecule has 0 spiro atoms. The summed E-state index contributed by atoms with van der Waals surface area (Å²) in [4.78, 5) is 17.7. The third-order valence-corrected chi connectivity index (χ3v) is 8.54. The Bertz CT molecular complexity index is 1040. The van der Waals surface area contributed by atoms with Gasteiger partial charge in [-0.15, -0.1) is 11.3 Å². The van der Waals surface area contributed by atoms with E-state index in [9.17, 15) is 14.5 Å². The number of carbonyl (C=O) groups is 1. The van der Waals surface area contributed by atoms with Crippen LogP contribution in [0.25, 0.3) is 10.4 Å². The Hall–Kier alpha value is -1.77. The molecule has 1 heterocycles. The third kappa shape index (κ3) is 8.12. The van der Waals surface area contributed by atoms with Crippen LogP contribution < -0.4 is 15.9 Å². The molecule has 8 nitrogen and oxygen atoms in total. The SMILES string of the molecule is CC(C)OC(=O)Nc1ccc(-c2cnc([C@H]3CC[C@H](NC(O)OC(C)C)CC3)s2)c(P(C)(C)=O)c1. The minimum Gasteiger partial charge on any atom is -0.447 e. The molecule has 1 atom stereocenters. The van der Waals surface area contributed by atoms with Gasteiger partial charge in [0.15, 0.2) is 0 Å². The summed E-state index contributed by atoms with van der Waals surface area (Å²) in [6.07, 6.45) is 3.97. The molecule has 194 valence electrons. The number of nitrogens with zero attached hydrogens (tertiary/aromatic N) is 1. The molecule has 3 N–H and O–H groups in total. The Morgan fingerprint density at radius 2 is 1.83 bits per heavy atom. The van der Waals surface area contributed by atoms with Gasteiger partial charge in [-0.1, -0.05) is 6.07 Å². The highest BCUT2D eigenvalue weighted by molar-refractivity contribution is 7.70. The zero-order valence-electron chi connectivity index (χ0n) is 21.4. The summed E-state index contributed by atoms with van der Waals surface area (Å²) in [7, 11) is -2.63. The Morgan fingerprint density at radius 3 is 2.43 bits per heavy atom. The lowest BCUT2D eigenvalue weighted by atomic mass is 9.86. The van der Waals surface area contributed by atoms with Gasteiger partial charge in [-0.05, 0) is 78.8 Å². The van der Waals surface area contributed by atoms with Crippen molar-refractivity contribution in [2.24, 2.45) is 0 Å². The Balaban J connectivity index is 1.71. The van der Waals surface area contributed by atoms with Crippen LogP contribution in [0.5, 0.6) is 0 Å². The highest BCUT2D eigenvalue weighted by Crippen LogP contribution is 2.43. The number of hydrogen-bond acceptors (Lipinski definition) is 8. The van der Waals surface area contributed by atoms with Crippen molar-refractivity contribution in [2.75, 3.05) is 18.6 Å². The van der Waals surface area contributed by atoms with E-state index >= 15 is 0 Å². The second-order valence-electron chi connectivity index (χ2n) is 9.98. The van der Waals surface area contributed by atoms with Gasteiger partial charge in [0.1, 0.15) is 7.14 Å². The largest absolute Gasteiger partial charge is 0.447 e. The van der Waals surface area contributed by atoms with Gasteiger partial charge in [-0.2, -0.15) is 0 Å². The van der Waals surface area contributed by atoms with E-state index < -0.39 is 19.6 Å². The van der Waals surface area contributed by atoms with Crippen molar-refractivity contribution in [2.45, 2.75) is 84.0 Å². The van der Waals surface area contributed by atoms with E-state index in [0.29, 0.717) is 16.9 Å². The van der Waals surface area contributed by atoms with Crippen LogP contribution in [0.15, 0.2) is 24.4 Å². The number of ether oxygens (including phenoxy) is 2. The van der Waals surface area contributed by atoms with Crippen LogP contribution in [0, 0.1) is 0 Å². The van der Waals surface area contributed by atoms with Crippen molar-refractivity contribution < 1.29 is 23.9 Å². The number of aliphatic hydroxyl groups is 1. The first-order chi connectivity index (χ1) is 16.4. The van der Waals surface area contributed by atoms with E-state index in [2.05, 4.69) is 10.6 Å². The molecule has 1 aromatic carbocycles. The summed E-state index contributed by atoms with van der Waals surface area (Å²) in [5.41, 5.74) is 1.44. The van der Waals surface area contributed by atoms with E-state index in [-0.39, 0.29) is 18.2 Å². The molecule has 1 unspecified atom stereocenters. The highest BCUT2D eigenvalue weighted by atomic mass is 32.1. The summed E-state index contributed by atoms with van der Waals surface area (Å²) in [5, 5.41) is 17.6. The van der Waals surface area contributed by atoms with E-state index in [4.69, 9.17) is 14.5 Å². The second kappa shape index (κ2) is 12.0. The standard InChI is InChI=1S/C25H38N3O5PS/c1-15(2)32-24(29)27-18-9-7-17(8-10-18)23-26-14-22(35-23)20-12-11-19(13-21(20)34(5,6)31)28-25(30)33-16(3)4/h11-18,24,27,29H,7-10H2,1-6H3,(H,28,30)/t17-,18-,24?. The Kier molecular flexibility index (Phi) is 9.52. The molecular weight excluding hydrogens is 485 g/mol. The third-order valence-electron chi connectivity index (χ3n) is 5.81. The van der Waals surface area contributed by atoms with Crippen LogP contribution in [0.2, 0.25) is 0 Å². The summed E-state index contributed by atoms with van der Waals surface area (Å²) in [6.45, 7) is 10.8. The fourth-order valence-corrected chi connectivity index (χ4v) is 6.66. The molecule has 0 aliphatic heterocycles. The molecule has 0 saturated heterocycles. The summed E-state index contributed by atoms with van der Waals surface area (Å²) in [6, 6.07) is 5.70. The number of aromatic nitrogens is 1. The van der Waals surface area contributed by atoms with Crippen LogP contribution in [0.4, 0.5) is 10.5 Å². The average Bonchev–Trinajstić information content (AvgIpc) is 3.22. The quantitative estimate of drug-likeness (QED) is 0.301. The minimum absolute atomic E-state index is 0.0345. The van der Waals surface area contributed by atoms with Gasteiger partial charge in [0.25, 0.3) is 0 Å². The zero-order valence-corrected chi connectivity index (χ0v) is 23.1. The van der Waals surface area contributed by atoms with Crippen LogP contribution in [-0.4, -0.2) is 54.2 Å². The Morgan fingerprint density at radius 1 is 1.14 bits per heavy atom. The fourth-order valence-electron chi connectivity index (χ4n) is 4.23. The molecule has 1 amide bonds. The summed E-state index contributed by atoms with van der Waals surface area (Å²) >= 11 is 1.64. The van der Waals surface area contributed by atoms with Crippen LogP contribution in [0.3, 0.4) is 0 Å². The molecule has 1 fully saturated rings. The van der Waals surface area contributed by atoms with Crippen molar-refractivity contribution in [1.82, 2.24) is 10.3 Å². The number of nitrogens with one attached hydrogen (secondary N) is 2. The molecule has 2 aromatic rings. The number of thiazole rings is 1. The first-order valence-corrected chi connectivity index (χ1v) is 15.6.